The maximum absolute atomic E-state index is 12.9. The lowest BCUT2D eigenvalue weighted by Crippen LogP contribution is -2.44. The molecule has 3 rings (SSSR count). The molecular weight excluding hydrogens is 311 g/mol. The molecule has 1 atom stereocenters. The number of likely N-dealkylation sites (tertiary alicyclic amines) is 1. The molecule has 2 aromatic rings. The number of hydrogen-bond acceptors (Lipinski definition) is 4. The van der Waals surface area contributed by atoms with E-state index in [0.29, 0.717) is 25.4 Å². The zero-order valence-electron chi connectivity index (χ0n) is 13.4. The smallest absolute Gasteiger partial charge is 0.237 e. The molecule has 5 nitrogen and oxygen atoms in total. The van der Waals surface area contributed by atoms with Crippen molar-refractivity contribution < 1.29 is 18.3 Å². The van der Waals surface area contributed by atoms with Crippen molar-refractivity contribution in [1.82, 2.24) is 10.2 Å². The Balaban J connectivity index is 1.44. The molecule has 0 bridgehead atoms. The third-order valence-corrected chi connectivity index (χ3v) is 4.14. The lowest BCUT2D eigenvalue weighted by Gasteiger charge is -2.23. The Bertz CT molecular complexity index is 643. The van der Waals surface area contributed by atoms with Crippen molar-refractivity contribution in [2.45, 2.75) is 25.4 Å². The molecule has 1 unspecified atom stereocenters. The summed E-state index contributed by atoms with van der Waals surface area (Å²) in [6.07, 6.45) is 3.44. The van der Waals surface area contributed by atoms with Gasteiger partial charge in [0.1, 0.15) is 23.9 Å². The van der Waals surface area contributed by atoms with Crippen molar-refractivity contribution >= 4 is 5.91 Å². The van der Waals surface area contributed by atoms with Gasteiger partial charge in [0.2, 0.25) is 5.91 Å². The van der Waals surface area contributed by atoms with Gasteiger partial charge in [-0.25, -0.2) is 4.39 Å². The van der Waals surface area contributed by atoms with Crippen LogP contribution in [0.5, 0.6) is 5.75 Å². The summed E-state index contributed by atoms with van der Waals surface area (Å²) in [7, 11) is 0. The van der Waals surface area contributed by atoms with Crippen LogP contribution in [-0.2, 0) is 11.3 Å². The van der Waals surface area contributed by atoms with Gasteiger partial charge in [-0.05, 0) is 55.8 Å². The van der Waals surface area contributed by atoms with E-state index >= 15 is 0 Å². The fourth-order valence-corrected chi connectivity index (χ4v) is 2.91. The molecule has 1 saturated heterocycles. The van der Waals surface area contributed by atoms with Crippen molar-refractivity contribution in [3.05, 3.63) is 54.2 Å². The van der Waals surface area contributed by atoms with Gasteiger partial charge in [-0.1, -0.05) is 0 Å². The molecule has 6 heteroatoms. The number of carbonyl (C=O) groups excluding carboxylic acids is 1. The Morgan fingerprint density at radius 1 is 1.33 bits per heavy atom. The third-order valence-electron chi connectivity index (χ3n) is 4.14. The van der Waals surface area contributed by atoms with E-state index in [1.54, 1.807) is 24.5 Å². The summed E-state index contributed by atoms with van der Waals surface area (Å²) in [6, 6.07) is 9.46. The van der Waals surface area contributed by atoms with Gasteiger partial charge in [0.05, 0.1) is 18.8 Å². The van der Waals surface area contributed by atoms with Gasteiger partial charge in [-0.15, -0.1) is 0 Å². The van der Waals surface area contributed by atoms with Crippen LogP contribution in [0.1, 0.15) is 18.6 Å². The number of furan rings is 1. The van der Waals surface area contributed by atoms with Gasteiger partial charge in [-0.3, -0.25) is 9.69 Å². The summed E-state index contributed by atoms with van der Waals surface area (Å²) in [6.45, 7) is 2.41. The highest BCUT2D eigenvalue weighted by Gasteiger charge is 2.30. The Kier molecular flexibility index (Phi) is 5.48. The van der Waals surface area contributed by atoms with E-state index in [2.05, 4.69) is 10.2 Å². The van der Waals surface area contributed by atoms with Crippen molar-refractivity contribution in [2.24, 2.45) is 0 Å². The Labute approximate surface area is 140 Å². The van der Waals surface area contributed by atoms with Crippen LogP contribution in [0.3, 0.4) is 0 Å². The summed E-state index contributed by atoms with van der Waals surface area (Å²) in [5, 5.41) is 2.91. The summed E-state index contributed by atoms with van der Waals surface area (Å²) < 4.78 is 23.7. The van der Waals surface area contributed by atoms with Crippen LogP contribution in [0, 0.1) is 5.82 Å². The summed E-state index contributed by atoms with van der Waals surface area (Å²) in [5.74, 6) is 1.11. The van der Waals surface area contributed by atoms with Gasteiger partial charge >= 0.3 is 0 Å². The van der Waals surface area contributed by atoms with Crippen LogP contribution >= 0.6 is 0 Å². The van der Waals surface area contributed by atoms with Crippen LogP contribution in [0.2, 0.25) is 0 Å². The predicted octanol–water partition coefficient (Wildman–Crippen LogP) is 2.58. The Morgan fingerprint density at radius 2 is 2.17 bits per heavy atom. The minimum absolute atomic E-state index is 0.0192. The third kappa shape index (κ3) is 4.35. The number of halogens is 1. The fraction of sp³-hybridized carbons (Fsp3) is 0.389. The Hall–Kier alpha value is -2.34. The molecule has 0 saturated carbocycles. The molecule has 1 amide bonds. The molecule has 1 N–H and O–H groups in total. The predicted molar refractivity (Wildman–Crippen MR) is 87.0 cm³/mol. The lowest BCUT2D eigenvalue weighted by molar-refractivity contribution is -0.125. The van der Waals surface area contributed by atoms with Crippen LogP contribution in [0.25, 0.3) is 0 Å². The van der Waals surface area contributed by atoms with E-state index in [-0.39, 0.29) is 17.8 Å². The van der Waals surface area contributed by atoms with E-state index in [0.717, 1.165) is 25.1 Å². The molecule has 1 aliphatic heterocycles. The monoisotopic (exact) mass is 332 g/mol. The van der Waals surface area contributed by atoms with Crippen molar-refractivity contribution in [3.8, 4) is 5.75 Å². The molecule has 1 aromatic carbocycles. The molecule has 0 radical (unpaired) electrons. The van der Waals surface area contributed by atoms with Gasteiger partial charge in [0, 0.05) is 6.54 Å². The SMILES string of the molecule is O=C(NCc1ccco1)C1CCCN1CCOc1ccc(F)cc1. The second kappa shape index (κ2) is 7.97. The normalized spacial score (nSPS) is 17.8. The standard InChI is InChI=1S/C18H21FN2O3/c19-14-5-7-15(8-6-14)24-12-10-21-9-1-4-17(21)18(22)20-13-16-3-2-11-23-16/h2-3,5-8,11,17H,1,4,9-10,12-13H2,(H,20,22). The number of hydrogen-bond donors (Lipinski definition) is 1. The fourth-order valence-electron chi connectivity index (χ4n) is 2.91. The first-order chi connectivity index (χ1) is 11.7. The summed E-state index contributed by atoms with van der Waals surface area (Å²) in [5.41, 5.74) is 0. The van der Waals surface area contributed by atoms with Gasteiger partial charge in [-0.2, -0.15) is 0 Å². The van der Waals surface area contributed by atoms with Gasteiger partial charge < -0.3 is 14.5 Å². The zero-order chi connectivity index (χ0) is 16.8. The summed E-state index contributed by atoms with van der Waals surface area (Å²) in [4.78, 5) is 14.5. The first kappa shape index (κ1) is 16.5. The van der Waals surface area contributed by atoms with E-state index < -0.39 is 0 Å². The quantitative estimate of drug-likeness (QED) is 0.847. The molecule has 0 aliphatic carbocycles. The Morgan fingerprint density at radius 3 is 2.92 bits per heavy atom. The highest BCUT2D eigenvalue weighted by atomic mass is 19.1. The molecule has 1 fully saturated rings. The second-order valence-corrected chi connectivity index (χ2v) is 5.79. The van der Waals surface area contributed by atoms with Gasteiger partial charge in [0.25, 0.3) is 0 Å². The molecule has 2 heterocycles. The first-order valence-corrected chi connectivity index (χ1v) is 8.15. The molecular formula is C18H21FN2O3. The molecule has 128 valence electrons. The average molecular weight is 332 g/mol. The van der Waals surface area contributed by atoms with Crippen molar-refractivity contribution in [1.29, 1.82) is 0 Å². The highest BCUT2D eigenvalue weighted by Crippen LogP contribution is 2.18. The molecule has 1 aliphatic rings. The number of nitrogens with one attached hydrogen (secondary N) is 1. The van der Waals surface area contributed by atoms with Crippen molar-refractivity contribution in [2.75, 3.05) is 19.7 Å². The zero-order valence-corrected chi connectivity index (χ0v) is 13.4. The number of carbonyl (C=O) groups is 1. The average Bonchev–Trinajstić information content (AvgIpc) is 3.26. The second-order valence-electron chi connectivity index (χ2n) is 5.79. The van der Waals surface area contributed by atoms with Crippen LogP contribution in [-0.4, -0.2) is 36.5 Å². The van der Waals surface area contributed by atoms with Crippen molar-refractivity contribution in [3.63, 3.8) is 0 Å². The summed E-state index contributed by atoms with van der Waals surface area (Å²) >= 11 is 0. The van der Waals surface area contributed by atoms with E-state index in [4.69, 9.17) is 9.15 Å². The van der Waals surface area contributed by atoms with Crippen LogP contribution in [0.15, 0.2) is 47.1 Å². The minimum Gasteiger partial charge on any atom is -0.492 e. The largest absolute Gasteiger partial charge is 0.492 e. The molecule has 24 heavy (non-hydrogen) atoms. The van der Waals surface area contributed by atoms with E-state index in [1.807, 2.05) is 6.07 Å². The highest BCUT2D eigenvalue weighted by molar-refractivity contribution is 5.81. The number of amides is 1. The van der Waals surface area contributed by atoms with Crippen LogP contribution in [0.4, 0.5) is 4.39 Å². The number of ether oxygens (including phenoxy) is 1. The molecule has 1 aromatic heterocycles. The number of nitrogens with zero attached hydrogens (tertiary/aromatic N) is 1. The minimum atomic E-state index is -0.282. The maximum atomic E-state index is 12.9. The maximum Gasteiger partial charge on any atom is 0.237 e. The number of benzene rings is 1. The van der Waals surface area contributed by atoms with E-state index in [9.17, 15) is 9.18 Å². The van der Waals surface area contributed by atoms with E-state index in [1.165, 1.54) is 12.1 Å². The van der Waals surface area contributed by atoms with Gasteiger partial charge in [0.15, 0.2) is 0 Å². The lowest BCUT2D eigenvalue weighted by atomic mass is 10.2. The van der Waals surface area contributed by atoms with Crippen LogP contribution < -0.4 is 10.1 Å². The number of rotatable bonds is 7. The first-order valence-electron chi connectivity index (χ1n) is 8.15. The topological polar surface area (TPSA) is 54.7 Å². The molecule has 0 spiro atoms.